The Morgan fingerprint density at radius 2 is 0.897 bits per heavy atom. The van der Waals surface area contributed by atoms with Crippen molar-refractivity contribution in [3.8, 4) is 34.8 Å². The Balaban J connectivity index is 1.14. The molecule has 2 N–H and O–H groups in total. The lowest BCUT2D eigenvalue weighted by molar-refractivity contribution is -0.138. The van der Waals surface area contributed by atoms with Crippen molar-refractivity contribution in [1.29, 1.82) is 0 Å². The lowest BCUT2D eigenvalue weighted by Gasteiger charge is -2.10. The molecule has 0 bridgehead atoms. The minimum atomic E-state index is -0.852. The quantitative estimate of drug-likeness (QED) is 0.0390. The molecule has 13 nitrogen and oxygen atoms in total. The molecule has 0 amide bonds. The highest BCUT2D eigenvalue weighted by Gasteiger charge is 2.29. The van der Waals surface area contributed by atoms with Crippen LogP contribution in [0.1, 0.15) is 72.1 Å². The summed E-state index contributed by atoms with van der Waals surface area (Å²) in [5, 5.41) is 24.6. The standard InChI is InChI=1S/C45H47NO12/c1-4-38(47)55-24-12-8-6-10-22-53-36-20-18-30-26-34(16-14-32(30)28-36)44(51)57-40-41(43(50)46(3)42(40)49)58-45(52)35-17-15-33-29-37(21-19-31(33)27-35)54-23-11-7-9-13-25-56-39(48)5-2/h4-5,14-21,26-29,49-50H,1-2,6-13,22-25H2,3H3. The summed E-state index contributed by atoms with van der Waals surface area (Å²) in [5.74, 6) is -3.47. The van der Waals surface area contributed by atoms with E-state index in [0.717, 1.165) is 89.6 Å². The number of ether oxygens (including phenoxy) is 6. The van der Waals surface area contributed by atoms with Crippen molar-refractivity contribution >= 4 is 45.4 Å². The summed E-state index contributed by atoms with van der Waals surface area (Å²) >= 11 is 0. The molecule has 4 aromatic carbocycles. The first kappa shape index (κ1) is 42.4. The number of benzene rings is 4. The molecule has 13 heteroatoms. The number of hydrogen-bond acceptors (Lipinski definition) is 12. The summed E-state index contributed by atoms with van der Waals surface area (Å²) in [5.41, 5.74) is 0.308. The van der Waals surface area contributed by atoms with Crippen molar-refractivity contribution in [2.45, 2.75) is 51.4 Å². The highest BCUT2D eigenvalue weighted by atomic mass is 16.6. The van der Waals surface area contributed by atoms with Crippen LogP contribution >= 0.6 is 0 Å². The Labute approximate surface area is 336 Å². The third-order valence-corrected chi connectivity index (χ3v) is 9.17. The van der Waals surface area contributed by atoms with Crippen LogP contribution in [0.3, 0.4) is 0 Å². The predicted octanol–water partition coefficient (Wildman–Crippen LogP) is 8.52. The molecule has 0 saturated carbocycles. The molecular weight excluding hydrogens is 746 g/mol. The fourth-order valence-corrected chi connectivity index (χ4v) is 5.94. The summed E-state index contributed by atoms with van der Waals surface area (Å²) < 4.78 is 33.7. The molecule has 5 rings (SSSR count). The molecule has 0 aliphatic rings. The van der Waals surface area contributed by atoms with Gasteiger partial charge in [0.05, 0.1) is 37.6 Å². The molecule has 0 fully saturated rings. The number of aromatic nitrogens is 1. The smallest absolute Gasteiger partial charge is 0.343 e. The minimum Gasteiger partial charge on any atom is -0.494 e. The van der Waals surface area contributed by atoms with E-state index in [9.17, 15) is 29.4 Å². The molecule has 0 spiro atoms. The average molecular weight is 794 g/mol. The normalized spacial score (nSPS) is 10.8. The molecule has 1 aromatic heterocycles. The van der Waals surface area contributed by atoms with E-state index in [4.69, 9.17) is 28.4 Å². The van der Waals surface area contributed by atoms with Gasteiger partial charge in [0.1, 0.15) is 11.5 Å². The van der Waals surface area contributed by atoms with Gasteiger partial charge in [-0.05, 0) is 121 Å². The van der Waals surface area contributed by atoms with Crippen LogP contribution in [0.15, 0.2) is 98.1 Å². The van der Waals surface area contributed by atoms with Crippen LogP contribution in [0.4, 0.5) is 0 Å². The number of unbranched alkanes of at least 4 members (excludes halogenated alkanes) is 6. The Bertz CT molecular complexity index is 2120. The summed E-state index contributed by atoms with van der Waals surface area (Å²) in [4.78, 5) is 48.8. The number of carbonyl (C=O) groups excluding carboxylic acids is 4. The third kappa shape index (κ3) is 11.6. The van der Waals surface area contributed by atoms with E-state index in [1.165, 1.54) is 7.05 Å². The monoisotopic (exact) mass is 793 g/mol. The van der Waals surface area contributed by atoms with Crippen molar-refractivity contribution < 1.29 is 57.8 Å². The van der Waals surface area contributed by atoms with E-state index < -0.39 is 47.1 Å². The molecule has 1 heterocycles. The second kappa shape index (κ2) is 21.0. The number of rotatable bonds is 22. The van der Waals surface area contributed by atoms with Crippen LogP contribution in [0.2, 0.25) is 0 Å². The molecule has 0 unspecified atom stereocenters. The molecule has 0 aliphatic carbocycles. The fraction of sp³-hybridized carbons (Fsp3) is 0.289. The first-order chi connectivity index (χ1) is 28.1. The SMILES string of the molecule is C=CC(=O)OCCCCCCOc1ccc2cc(C(=O)Oc3c(OC(=O)c4ccc5cc(OCCCCCCOC(=O)C=C)ccc5c4)c(O)n(C)c3O)ccc2c1. The zero-order valence-electron chi connectivity index (χ0n) is 32.4. The molecule has 58 heavy (non-hydrogen) atoms. The van der Waals surface area contributed by atoms with Gasteiger partial charge in [0.25, 0.3) is 0 Å². The molecule has 0 aliphatic heterocycles. The molecule has 304 valence electrons. The van der Waals surface area contributed by atoms with Gasteiger partial charge in [-0.15, -0.1) is 0 Å². The maximum atomic E-state index is 13.3. The van der Waals surface area contributed by atoms with Crippen LogP contribution in [0, 0.1) is 0 Å². The van der Waals surface area contributed by atoms with Gasteiger partial charge in [-0.2, -0.15) is 0 Å². The van der Waals surface area contributed by atoms with Crippen LogP contribution in [0.5, 0.6) is 34.8 Å². The van der Waals surface area contributed by atoms with Crippen LogP contribution in [0.25, 0.3) is 21.5 Å². The lowest BCUT2D eigenvalue weighted by Crippen LogP contribution is -2.12. The number of aromatic hydroxyl groups is 2. The first-order valence-electron chi connectivity index (χ1n) is 19.0. The van der Waals surface area contributed by atoms with Crippen LogP contribution in [-0.4, -0.2) is 65.1 Å². The molecule has 0 radical (unpaired) electrons. The molecule has 5 aromatic rings. The number of nitrogens with zero attached hydrogens (tertiary/aromatic N) is 1. The number of carbonyl (C=O) groups is 4. The minimum absolute atomic E-state index is 0.154. The van der Waals surface area contributed by atoms with E-state index >= 15 is 0 Å². The zero-order chi connectivity index (χ0) is 41.4. The average Bonchev–Trinajstić information content (AvgIpc) is 3.43. The fourth-order valence-electron chi connectivity index (χ4n) is 5.94. The summed E-state index contributed by atoms with van der Waals surface area (Å²) in [6.45, 7) is 8.51. The first-order valence-corrected chi connectivity index (χ1v) is 19.0. The van der Waals surface area contributed by atoms with Gasteiger partial charge in [0, 0.05) is 19.2 Å². The second-order valence-electron chi connectivity index (χ2n) is 13.4. The van der Waals surface area contributed by atoms with Crippen LogP contribution < -0.4 is 18.9 Å². The Morgan fingerprint density at radius 3 is 1.29 bits per heavy atom. The van der Waals surface area contributed by atoms with Crippen molar-refractivity contribution in [3.05, 3.63) is 109 Å². The van der Waals surface area contributed by atoms with Crippen molar-refractivity contribution in [2.24, 2.45) is 7.05 Å². The van der Waals surface area contributed by atoms with Gasteiger partial charge in [-0.25, -0.2) is 19.2 Å². The van der Waals surface area contributed by atoms with E-state index in [-0.39, 0.29) is 11.1 Å². The van der Waals surface area contributed by atoms with Gasteiger partial charge in [0.15, 0.2) is 0 Å². The van der Waals surface area contributed by atoms with E-state index in [0.29, 0.717) is 37.9 Å². The van der Waals surface area contributed by atoms with Crippen molar-refractivity contribution in [3.63, 3.8) is 0 Å². The van der Waals surface area contributed by atoms with E-state index in [1.807, 2.05) is 24.3 Å². The highest BCUT2D eigenvalue weighted by molar-refractivity contribution is 5.99. The molecule has 0 atom stereocenters. The Hall–Kier alpha value is -6.76. The predicted molar refractivity (Wildman–Crippen MR) is 217 cm³/mol. The largest absolute Gasteiger partial charge is 0.494 e. The van der Waals surface area contributed by atoms with Gasteiger partial charge in [-0.1, -0.05) is 37.4 Å². The second-order valence-corrected chi connectivity index (χ2v) is 13.4. The van der Waals surface area contributed by atoms with Crippen molar-refractivity contribution in [1.82, 2.24) is 4.57 Å². The van der Waals surface area contributed by atoms with Crippen LogP contribution in [-0.2, 0) is 26.1 Å². The number of hydrogen-bond donors (Lipinski definition) is 2. The summed E-state index contributed by atoms with van der Waals surface area (Å²) in [6, 6.07) is 20.7. The van der Waals surface area contributed by atoms with Gasteiger partial charge in [0.2, 0.25) is 23.3 Å². The lowest BCUT2D eigenvalue weighted by atomic mass is 10.1. The Morgan fingerprint density at radius 1 is 0.534 bits per heavy atom. The van der Waals surface area contributed by atoms with Gasteiger partial charge in [-0.3, -0.25) is 4.57 Å². The number of fused-ring (bicyclic) bond motifs is 2. The maximum absolute atomic E-state index is 13.3. The van der Waals surface area contributed by atoms with Gasteiger partial charge < -0.3 is 38.6 Å². The zero-order valence-corrected chi connectivity index (χ0v) is 32.4. The Kier molecular flexibility index (Phi) is 15.3. The van der Waals surface area contributed by atoms with Gasteiger partial charge >= 0.3 is 23.9 Å². The maximum Gasteiger partial charge on any atom is 0.343 e. The van der Waals surface area contributed by atoms with E-state index in [1.54, 1.807) is 48.5 Å². The molecule has 0 saturated heterocycles. The van der Waals surface area contributed by atoms with E-state index in [2.05, 4.69) is 13.2 Å². The number of esters is 4. The third-order valence-electron chi connectivity index (χ3n) is 9.17. The molecular formula is C45H47NO12. The van der Waals surface area contributed by atoms with Crippen molar-refractivity contribution in [2.75, 3.05) is 26.4 Å². The topological polar surface area (TPSA) is 169 Å². The summed E-state index contributed by atoms with van der Waals surface area (Å²) in [6.07, 6.45) is 9.15. The summed E-state index contributed by atoms with van der Waals surface area (Å²) in [7, 11) is 1.32. The highest BCUT2D eigenvalue weighted by Crippen LogP contribution is 2.47.